The van der Waals surface area contributed by atoms with E-state index in [0.717, 1.165) is 22.2 Å². The molecule has 106 valence electrons. The highest BCUT2D eigenvalue weighted by atomic mass is 127. The maximum absolute atomic E-state index is 12.8. The lowest BCUT2D eigenvalue weighted by molar-refractivity contribution is -0.148. The van der Waals surface area contributed by atoms with Gasteiger partial charge in [-0.2, -0.15) is 13.2 Å². The van der Waals surface area contributed by atoms with Crippen molar-refractivity contribution in [2.24, 2.45) is 0 Å². The first-order chi connectivity index (χ1) is 8.97. The molecular formula is C13H16F3IN2. The predicted molar refractivity (Wildman–Crippen MR) is 77.0 cm³/mol. The summed E-state index contributed by atoms with van der Waals surface area (Å²) in [6, 6.07) is 6.76. The largest absolute Gasteiger partial charge is 0.390 e. The summed E-state index contributed by atoms with van der Waals surface area (Å²) in [7, 11) is 0. The van der Waals surface area contributed by atoms with Gasteiger partial charge < -0.3 is 5.32 Å². The molecule has 1 saturated heterocycles. The van der Waals surface area contributed by atoms with Crippen LogP contribution in [-0.4, -0.2) is 37.3 Å². The Morgan fingerprint density at radius 3 is 2.42 bits per heavy atom. The van der Waals surface area contributed by atoms with Gasteiger partial charge in [0.05, 0.1) is 6.42 Å². The molecule has 0 amide bonds. The first-order valence-corrected chi connectivity index (χ1v) is 7.31. The van der Waals surface area contributed by atoms with Gasteiger partial charge in [-0.05, 0) is 34.2 Å². The van der Waals surface area contributed by atoms with Crippen molar-refractivity contribution in [1.29, 1.82) is 0 Å². The molecule has 0 spiro atoms. The molecule has 1 fully saturated rings. The molecule has 6 heteroatoms. The summed E-state index contributed by atoms with van der Waals surface area (Å²) in [5, 5.41) is 3.17. The van der Waals surface area contributed by atoms with Gasteiger partial charge in [0.25, 0.3) is 0 Å². The Morgan fingerprint density at radius 1 is 1.21 bits per heavy atom. The number of benzene rings is 1. The zero-order chi connectivity index (χ0) is 13.9. The minimum atomic E-state index is -4.14. The van der Waals surface area contributed by atoms with Gasteiger partial charge in [-0.3, -0.25) is 4.90 Å². The highest BCUT2D eigenvalue weighted by molar-refractivity contribution is 14.1. The third-order valence-electron chi connectivity index (χ3n) is 3.28. The van der Waals surface area contributed by atoms with E-state index in [4.69, 9.17) is 0 Å². The average molecular weight is 384 g/mol. The van der Waals surface area contributed by atoms with Gasteiger partial charge in [-0.25, -0.2) is 0 Å². The van der Waals surface area contributed by atoms with Gasteiger partial charge in [0, 0.05) is 35.8 Å². The molecule has 19 heavy (non-hydrogen) atoms. The summed E-state index contributed by atoms with van der Waals surface area (Å²) >= 11 is 2.11. The molecule has 1 aliphatic rings. The lowest BCUT2D eigenvalue weighted by Crippen LogP contribution is -2.46. The summed E-state index contributed by atoms with van der Waals surface area (Å²) in [6.07, 6.45) is -4.93. The van der Waals surface area contributed by atoms with Crippen LogP contribution >= 0.6 is 22.6 Å². The van der Waals surface area contributed by atoms with Crippen LogP contribution in [0.15, 0.2) is 24.3 Å². The third kappa shape index (κ3) is 4.32. The van der Waals surface area contributed by atoms with E-state index in [1.807, 2.05) is 23.1 Å². The van der Waals surface area contributed by atoms with Crippen molar-refractivity contribution in [2.75, 3.05) is 26.2 Å². The van der Waals surface area contributed by atoms with Crippen molar-refractivity contribution in [2.45, 2.75) is 18.6 Å². The maximum atomic E-state index is 12.8. The van der Waals surface area contributed by atoms with Crippen molar-refractivity contribution in [3.8, 4) is 0 Å². The molecule has 1 aliphatic heterocycles. The number of hydrogen-bond acceptors (Lipinski definition) is 2. The smallest absolute Gasteiger partial charge is 0.314 e. The summed E-state index contributed by atoms with van der Waals surface area (Å²) < 4.78 is 39.4. The highest BCUT2D eigenvalue weighted by Crippen LogP contribution is 2.35. The molecule has 0 saturated carbocycles. The van der Waals surface area contributed by atoms with E-state index >= 15 is 0 Å². The SMILES string of the molecule is FC(F)(F)C[C@@H](c1ccccc1I)N1CCNCC1. The Labute approximate surface area is 124 Å². The number of rotatable bonds is 3. The fourth-order valence-corrected chi connectivity index (χ4v) is 3.14. The average Bonchev–Trinajstić information content (AvgIpc) is 2.37. The molecule has 0 aliphatic carbocycles. The Balaban J connectivity index is 2.25. The van der Waals surface area contributed by atoms with Crippen molar-refractivity contribution in [3.63, 3.8) is 0 Å². The standard InChI is InChI=1S/C13H16F3IN2/c14-13(15,16)9-12(19-7-5-18-6-8-19)10-3-1-2-4-11(10)17/h1-4,12,18H,5-9H2/t12-/m0/s1. The zero-order valence-corrected chi connectivity index (χ0v) is 12.5. The van der Waals surface area contributed by atoms with Crippen LogP contribution in [0.3, 0.4) is 0 Å². The molecule has 2 rings (SSSR count). The number of alkyl halides is 3. The topological polar surface area (TPSA) is 15.3 Å². The number of halogens is 4. The van der Waals surface area contributed by atoms with E-state index in [2.05, 4.69) is 27.9 Å². The second-order valence-electron chi connectivity index (χ2n) is 4.64. The van der Waals surface area contributed by atoms with Crippen molar-refractivity contribution < 1.29 is 13.2 Å². The second kappa shape index (κ2) is 6.41. The van der Waals surface area contributed by atoms with Gasteiger partial charge in [0.1, 0.15) is 0 Å². The second-order valence-corrected chi connectivity index (χ2v) is 5.80. The molecule has 1 N–H and O–H groups in total. The van der Waals surface area contributed by atoms with E-state index in [1.54, 1.807) is 6.07 Å². The predicted octanol–water partition coefficient (Wildman–Crippen LogP) is 3.19. The fourth-order valence-electron chi connectivity index (χ4n) is 2.39. The summed E-state index contributed by atoms with van der Waals surface area (Å²) in [4.78, 5) is 1.93. The van der Waals surface area contributed by atoms with Crippen LogP contribution in [0.25, 0.3) is 0 Å². The molecule has 1 aromatic carbocycles. The molecule has 1 aromatic rings. The molecule has 0 aromatic heterocycles. The minimum absolute atomic E-state index is 0.574. The van der Waals surface area contributed by atoms with Gasteiger partial charge in [-0.15, -0.1) is 0 Å². The molecule has 2 nitrogen and oxygen atoms in total. The fraction of sp³-hybridized carbons (Fsp3) is 0.538. The van der Waals surface area contributed by atoms with Crippen LogP contribution in [0.4, 0.5) is 13.2 Å². The van der Waals surface area contributed by atoms with E-state index in [1.165, 1.54) is 0 Å². The lowest BCUT2D eigenvalue weighted by Gasteiger charge is -2.36. The molecule has 0 radical (unpaired) electrons. The number of piperazine rings is 1. The highest BCUT2D eigenvalue weighted by Gasteiger charge is 2.36. The molecule has 0 unspecified atom stereocenters. The first kappa shape index (κ1) is 15.1. The quantitative estimate of drug-likeness (QED) is 0.806. The minimum Gasteiger partial charge on any atom is -0.314 e. The van der Waals surface area contributed by atoms with Gasteiger partial charge in [0.15, 0.2) is 0 Å². The molecular weight excluding hydrogens is 368 g/mol. The van der Waals surface area contributed by atoms with Crippen molar-refractivity contribution in [3.05, 3.63) is 33.4 Å². The summed E-state index contributed by atoms with van der Waals surface area (Å²) in [5.74, 6) is 0. The first-order valence-electron chi connectivity index (χ1n) is 6.23. The van der Waals surface area contributed by atoms with Crippen LogP contribution in [0.2, 0.25) is 0 Å². The normalized spacial score (nSPS) is 19.4. The Kier molecular flexibility index (Phi) is 5.08. The number of nitrogens with one attached hydrogen (secondary N) is 1. The van der Waals surface area contributed by atoms with E-state index in [0.29, 0.717) is 13.1 Å². The molecule has 1 atom stereocenters. The van der Waals surface area contributed by atoms with Crippen molar-refractivity contribution >= 4 is 22.6 Å². The van der Waals surface area contributed by atoms with Crippen LogP contribution in [0.5, 0.6) is 0 Å². The van der Waals surface area contributed by atoms with E-state index < -0.39 is 18.6 Å². The van der Waals surface area contributed by atoms with Crippen LogP contribution in [-0.2, 0) is 0 Å². The van der Waals surface area contributed by atoms with Gasteiger partial charge in [-0.1, -0.05) is 18.2 Å². The van der Waals surface area contributed by atoms with E-state index in [9.17, 15) is 13.2 Å². The Bertz CT molecular complexity index is 417. The monoisotopic (exact) mass is 384 g/mol. The third-order valence-corrected chi connectivity index (χ3v) is 4.26. The van der Waals surface area contributed by atoms with Crippen LogP contribution in [0, 0.1) is 3.57 Å². The Hall–Kier alpha value is -0.340. The summed E-state index contributed by atoms with van der Waals surface area (Å²) in [5.41, 5.74) is 0.780. The molecule has 0 bridgehead atoms. The van der Waals surface area contributed by atoms with Gasteiger partial charge >= 0.3 is 6.18 Å². The maximum Gasteiger partial charge on any atom is 0.390 e. The van der Waals surface area contributed by atoms with Crippen LogP contribution < -0.4 is 5.32 Å². The number of hydrogen-bond donors (Lipinski definition) is 1. The van der Waals surface area contributed by atoms with Crippen LogP contribution in [0.1, 0.15) is 18.0 Å². The molecule has 1 heterocycles. The lowest BCUT2D eigenvalue weighted by atomic mass is 10.0. The van der Waals surface area contributed by atoms with Crippen molar-refractivity contribution in [1.82, 2.24) is 10.2 Å². The van der Waals surface area contributed by atoms with Gasteiger partial charge in [0.2, 0.25) is 0 Å². The zero-order valence-electron chi connectivity index (χ0n) is 10.4. The number of nitrogens with zero attached hydrogens (tertiary/aromatic N) is 1. The Morgan fingerprint density at radius 2 is 1.84 bits per heavy atom. The summed E-state index contributed by atoms with van der Waals surface area (Å²) in [6.45, 7) is 2.81. The van der Waals surface area contributed by atoms with E-state index in [-0.39, 0.29) is 0 Å².